The summed E-state index contributed by atoms with van der Waals surface area (Å²) >= 11 is 5.16. The van der Waals surface area contributed by atoms with Crippen molar-refractivity contribution in [2.75, 3.05) is 5.32 Å². The Hall–Kier alpha value is -3.47. The van der Waals surface area contributed by atoms with Crippen LogP contribution in [0, 0.1) is 0 Å². The molecule has 1 amide bonds. The molecule has 160 valence electrons. The third-order valence-corrected chi connectivity index (χ3v) is 7.15. The van der Waals surface area contributed by atoms with Gasteiger partial charge < -0.3 is 5.32 Å². The predicted molar refractivity (Wildman–Crippen MR) is 143 cm³/mol. The lowest BCUT2D eigenvalue weighted by Crippen LogP contribution is -2.12. The Balaban J connectivity index is 1.57. The van der Waals surface area contributed by atoms with Crippen LogP contribution in [0.2, 0.25) is 0 Å². The predicted octanol–water partition coefficient (Wildman–Crippen LogP) is 8.76. The standard InChI is InChI=1S/C29H20BrNOS/c30-23-17-15-22(16-18-23)29(32)31-26-14-8-7-13-24(26)27-19-25(20-9-3-1-4-10-20)28(33-27)21-11-5-2-6-12-21/h1-19H,(H,31,32). The number of halogens is 1. The first-order valence-electron chi connectivity index (χ1n) is 10.6. The highest BCUT2D eigenvalue weighted by Crippen LogP contribution is 2.45. The van der Waals surface area contributed by atoms with Crippen LogP contribution in [-0.4, -0.2) is 5.91 Å². The molecule has 0 saturated carbocycles. The van der Waals surface area contributed by atoms with E-state index in [1.807, 2.05) is 54.6 Å². The average molecular weight is 510 g/mol. The Labute approximate surface area is 205 Å². The minimum atomic E-state index is -0.127. The Kier molecular flexibility index (Phi) is 6.20. The number of hydrogen-bond acceptors (Lipinski definition) is 2. The van der Waals surface area contributed by atoms with Crippen molar-refractivity contribution in [3.8, 4) is 32.0 Å². The molecule has 33 heavy (non-hydrogen) atoms. The van der Waals surface area contributed by atoms with Crippen LogP contribution >= 0.6 is 27.3 Å². The van der Waals surface area contributed by atoms with Crippen molar-refractivity contribution in [2.24, 2.45) is 0 Å². The fourth-order valence-corrected chi connectivity index (χ4v) is 5.25. The van der Waals surface area contributed by atoms with Crippen molar-refractivity contribution >= 4 is 38.9 Å². The molecule has 5 rings (SSSR count). The summed E-state index contributed by atoms with van der Waals surface area (Å²) in [6.45, 7) is 0. The number of para-hydroxylation sites is 1. The maximum absolute atomic E-state index is 12.9. The molecule has 0 unspecified atom stereocenters. The zero-order valence-electron chi connectivity index (χ0n) is 17.7. The van der Waals surface area contributed by atoms with E-state index in [0.717, 1.165) is 20.6 Å². The largest absolute Gasteiger partial charge is 0.321 e. The number of benzene rings is 4. The van der Waals surface area contributed by atoms with Crippen molar-refractivity contribution < 1.29 is 4.79 Å². The summed E-state index contributed by atoms with van der Waals surface area (Å²) in [5.74, 6) is -0.127. The molecule has 1 aromatic heterocycles. The van der Waals surface area contributed by atoms with E-state index in [1.165, 1.54) is 21.6 Å². The molecule has 0 aliphatic carbocycles. The van der Waals surface area contributed by atoms with Crippen molar-refractivity contribution in [1.82, 2.24) is 0 Å². The molecule has 1 heterocycles. The van der Waals surface area contributed by atoms with Gasteiger partial charge in [-0.25, -0.2) is 0 Å². The van der Waals surface area contributed by atoms with Crippen LogP contribution in [-0.2, 0) is 0 Å². The highest BCUT2D eigenvalue weighted by Gasteiger charge is 2.17. The molecule has 4 aromatic carbocycles. The minimum Gasteiger partial charge on any atom is -0.321 e. The molecule has 5 aromatic rings. The first-order chi connectivity index (χ1) is 16.2. The van der Waals surface area contributed by atoms with Crippen LogP contribution in [0.15, 0.2) is 120 Å². The number of carbonyl (C=O) groups is 1. The van der Waals surface area contributed by atoms with Crippen LogP contribution in [0.25, 0.3) is 32.0 Å². The molecule has 1 N–H and O–H groups in total. The third kappa shape index (κ3) is 4.68. The molecule has 2 nitrogen and oxygen atoms in total. The summed E-state index contributed by atoms with van der Waals surface area (Å²) in [5, 5.41) is 3.11. The number of thiophene rings is 1. The van der Waals surface area contributed by atoms with Gasteiger partial charge >= 0.3 is 0 Å². The van der Waals surface area contributed by atoms with Crippen molar-refractivity contribution in [3.63, 3.8) is 0 Å². The van der Waals surface area contributed by atoms with Crippen LogP contribution in [0.5, 0.6) is 0 Å². The molecule has 4 heteroatoms. The van der Waals surface area contributed by atoms with Gasteiger partial charge in [0, 0.05) is 36.6 Å². The number of hydrogen-bond donors (Lipinski definition) is 1. The third-order valence-electron chi connectivity index (χ3n) is 5.40. The van der Waals surface area contributed by atoms with E-state index < -0.39 is 0 Å². The summed E-state index contributed by atoms with van der Waals surface area (Å²) in [6.07, 6.45) is 0. The fourth-order valence-electron chi connectivity index (χ4n) is 3.76. The summed E-state index contributed by atoms with van der Waals surface area (Å²) in [4.78, 5) is 15.2. The van der Waals surface area contributed by atoms with Gasteiger partial charge in [0.1, 0.15) is 0 Å². The maximum atomic E-state index is 12.9. The number of anilines is 1. The molecule has 0 spiro atoms. The first kappa shape index (κ1) is 21.4. The highest BCUT2D eigenvalue weighted by molar-refractivity contribution is 9.10. The van der Waals surface area contributed by atoms with Crippen molar-refractivity contribution in [1.29, 1.82) is 0 Å². The highest BCUT2D eigenvalue weighted by atomic mass is 79.9. The number of nitrogens with one attached hydrogen (secondary N) is 1. The van der Waals surface area contributed by atoms with E-state index >= 15 is 0 Å². The summed E-state index contributed by atoms with van der Waals surface area (Å²) in [5.41, 5.74) is 5.97. The lowest BCUT2D eigenvalue weighted by Gasteiger charge is -2.10. The smallest absolute Gasteiger partial charge is 0.255 e. The van der Waals surface area contributed by atoms with E-state index in [1.54, 1.807) is 11.3 Å². The van der Waals surface area contributed by atoms with Crippen molar-refractivity contribution in [2.45, 2.75) is 0 Å². The van der Waals surface area contributed by atoms with Crippen LogP contribution < -0.4 is 5.32 Å². The van der Waals surface area contributed by atoms with E-state index in [0.29, 0.717) is 5.56 Å². The molecular formula is C29H20BrNOS. The van der Waals surface area contributed by atoms with Crippen LogP contribution in [0.4, 0.5) is 5.69 Å². The summed E-state index contributed by atoms with van der Waals surface area (Å²) in [7, 11) is 0. The van der Waals surface area contributed by atoms with Gasteiger partial charge in [-0.2, -0.15) is 0 Å². The van der Waals surface area contributed by atoms with Gasteiger partial charge in [0.25, 0.3) is 5.91 Å². The Morgan fingerprint density at radius 1 is 0.667 bits per heavy atom. The van der Waals surface area contributed by atoms with Gasteiger partial charge in [-0.3, -0.25) is 4.79 Å². The zero-order valence-corrected chi connectivity index (χ0v) is 20.1. The van der Waals surface area contributed by atoms with Gasteiger partial charge in [0.15, 0.2) is 0 Å². The lowest BCUT2D eigenvalue weighted by atomic mass is 10.0. The fraction of sp³-hybridized carbons (Fsp3) is 0. The number of carbonyl (C=O) groups excluding carboxylic acids is 1. The summed E-state index contributed by atoms with van der Waals surface area (Å²) < 4.78 is 0.944. The van der Waals surface area contributed by atoms with Crippen molar-refractivity contribution in [3.05, 3.63) is 125 Å². The molecular weight excluding hydrogens is 490 g/mol. The zero-order chi connectivity index (χ0) is 22.6. The summed E-state index contributed by atoms with van der Waals surface area (Å²) in [6, 6.07) is 38.5. The van der Waals surface area contributed by atoms with E-state index in [-0.39, 0.29) is 5.91 Å². The average Bonchev–Trinajstić information content (AvgIpc) is 3.31. The molecule has 0 aliphatic heterocycles. The second-order valence-corrected chi connectivity index (χ2v) is 9.56. The first-order valence-corrected chi connectivity index (χ1v) is 12.2. The van der Waals surface area contributed by atoms with Gasteiger partial charge in [0.05, 0.1) is 0 Å². The molecule has 0 atom stereocenters. The van der Waals surface area contributed by atoms with E-state index in [2.05, 4.69) is 81.9 Å². The van der Waals surface area contributed by atoms with E-state index in [4.69, 9.17) is 0 Å². The minimum absolute atomic E-state index is 0.127. The monoisotopic (exact) mass is 509 g/mol. The number of amides is 1. The normalized spacial score (nSPS) is 10.7. The molecule has 0 fully saturated rings. The second-order valence-electron chi connectivity index (χ2n) is 7.59. The van der Waals surface area contributed by atoms with Gasteiger partial charge in [-0.05, 0) is 47.5 Å². The topological polar surface area (TPSA) is 29.1 Å². The van der Waals surface area contributed by atoms with Gasteiger partial charge in [-0.15, -0.1) is 11.3 Å². The quantitative estimate of drug-likeness (QED) is 0.252. The van der Waals surface area contributed by atoms with Gasteiger partial charge in [-0.1, -0.05) is 94.8 Å². The van der Waals surface area contributed by atoms with Crippen LogP contribution in [0.1, 0.15) is 10.4 Å². The lowest BCUT2D eigenvalue weighted by molar-refractivity contribution is 0.102. The Bertz CT molecular complexity index is 1340. The van der Waals surface area contributed by atoms with Gasteiger partial charge in [0.2, 0.25) is 0 Å². The van der Waals surface area contributed by atoms with Crippen LogP contribution in [0.3, 0.4) is 0 Å². The second kappa shape index (κ2) is 9.57. The molecule has 0 radical (unpaired) electrons. The number of rotatable bonds is 5. The molecule has 0 bridgehead atoms. The Morgan fingerprint density at radius 3 is 1.97 bits per heavy atom. The van der Waals surface area contributed by atoms with E-state index in [9.17, 15) is 4.79 Å². The Morgan fingerprint density at radius 2 is 1.27 bits per heavy atom. The molecule has 0 saturated heterocycles. The maximum Gasteiger partial charge on any atom is 0.255 e. The SMILES string of the molecule is O=C(Nc1ccccc1-c1cc(-c2ccccc2)c(-c2ccccc2)s1)c1ccc(Br)cc1. The molecule has 0 aliphatic rings.